The van der Waals surface area contributed by atoms with Crippen LogP contribution in [0.3, 0.4) is 0 Å². The number of carbonyl (C=O) groups is 1. The molecule has 1 N–H and O–H groups in total. The fourth-order valence-corrected chi connectivity index (χ4v) is 1.83. The SMILES string of the molecule is COc1ccc(-c2cnoc2NC(=O)C(C)(C)C)cc1OC. The minimum absolute atomic E-state index is 0.147. The highest BCUT2D eigenvalue weighted by Gasteiger charge is 2.24. The summed E-state index contributed by atoms with van der Waals surface area (Å²) in [5.74, 6) is 1.38. The van der Waals surface area contributed by atoms with E-state index < -0.39 is 5.41 Å². The third-order valence-electron chi connectivity index (χ3n) is 3.17. The van der Waals surface area contributed by atoms with Gasteiger partial charge >= 0.3 is 0 Å². The van der Waals surface area contributed by atoms with Crippen molar-refractivity contribution in [3.63, 3.8) is 0 Å². The lowest BCUT2D eigenvalue weighted by Gasteiger charge is -2.16. The summed E-state index contributed by atoms with van der Waals surface area (Å²) in [4.78, 5) is 12.1. The van der Waals surface area contributed by atoms with E-state index >= 15 is 0 Å². The Hall–Kier alpha value is -2.50. The topological polar surface area (TPSA) is 73.6 Å². The molecule has 0 saturated carbocycles. The Balaban J connectivity index is 2.35. The maximum atomic E-state index is 12.1. The number of hydrogen-bond acceptors (Lipinski definition) is 5. The zero-order chi connectivity index (χ0) is 16.3. The number of anilines is 1. The number of nitrogens with one attached hydrogen (secondary N) is 1. The molecule has 22 heavy (non-hydrogen) atoms. The van der Waals surface area contributed by atoms with Crippen LogP contribution in [0.15, 0.2) is 28.9 Å². The van der Waals surface area contributed by atoms with Crippen molar-refractivity contribution in [1.82, 2.24) is 5.16 Å². The molecular weight excluding hydrogens is 284 g/mol. The summed E-state index contributed by atoms with van der Waals surface area (Å²) in [7, 11) is 3.14. The van der Waals surface area contributed by atoms with Gasteiger partial charge in [-0.1, -0.05) is 32.0 Å². The molecule has 1 aromatic heterocycles. The van der Waals surface area contributed by atoms with Crippen LogP contribution in [0.4, 0.5) is 5.88 Å². The van der Waals surface area contributed by atoms with Crippen molar-refractivity contribution in [2.24, 2.45) is 5.41 Å². The minimum atomic E-state index is -0.526. The lowest BCUT2D eigenvalue weighted by atomic mass is 9.95. The summed E-state index contributed by atoms with van der Waals surface area (Å²) in [6.07, 6.45) is 1.56. The molecular formula is C16H20N2O4. The molecule has 2 aromatic rings. The van der Waals surface area contributed by atoms with Crippen molar-refractivity contribution in [2.45, 2.75) is 20.8 Å². The first kappa shape index (κ1) is 15.9. The smallest absolute Gasteiger partial charge is 0.239 e. The quantitative estimate of drug-likeness (QED) is 0.937. The second-order valence-electron chi connectivity index (χ2n) is 5.84. The molecule has 0 radical (unpaired) electrons. The Morgan fingerprint density at radius 3 is 2.45 bits per heavy atom. The number of amides is 1. The average Bonchev–Trinajstić information content (AvgIpc) is 2.93. The fourth-order valence-electron chi connectivity index (χ4n) is 1.83. The van der Waals surface area contributed by atoms with E-state index in [0.717, 1.165) is 5.56 Å². The highest BCUT2D eigenvalue weighted by Crippen LogP contribution is 2.35. The molecule has 0 atom stereocenters. The molecule has 0 fully saturated rings. The number of methoxy groups -OCH3 is 2. The van der Waals surface area contributed by atoms with Gasteiger partial charge in [-0.15, -0.1) is 0 Å². The summed E-state index contributed by atoms with van der Waals surface area (Å²) in [6, 6.07) is 5.44. The molecule has 1 heterocycles. The van der Waals surface area contributed by atoms with Crippen molar-refractivity contribution in [3.05, 3.63) is 24.4 Å². The summed E-state index contributed by atoms with van der Waals surface area (Å²) in [5.41, 5.74) is 0.962. The number of hydrogen-bond donors (Lipinski definition) is 1. The monoisotopic (exact) mass is 304 g/mol. The molecule has 2 rings (SSSR count). The number of rotatable bonds is 4. The van der Waals surface area contributed by atoms with E-state index in [0.29, 0.717) is 22.9 Å². The fraction of sp³-hybridized carbons (Fsp3) is 0.375. The standard InChI is InChI=1S/C16H20N2O4/c1-16(2,3)15(19)18-14-11(9-17-22-14)10-6-7-12(20-4)13(8-10)21-5/h6-9H,1-5H3,(H,18,19). The van der Waals surface area contributed by atoms with Crippen molar-refractivity contribution in [2.75, 3.05) is 19.5 Å². The summed E-state index contributed by atoms with van der Waals surface area (Å²) >= 11 is 0. The first-order valence-electron chi connectivity index (χ1n) is 6.85. The van der Waals surface area contributed by atoms with E-state index in [-0.39, 0.29) is 5.91 Å². The normalized spacial score (nSPS) is 11.1. The van der Waals surface area contributed by atoms with Gasteiger partial charge in [0.15, 0.2) is 11.5 Å². The summed E-state index contributed by atoms with van der Waals surface area (Å²) in [6.45, 7) is 5.48. The van der Waals surface area contributed by atoms with Gasteiger partial charge < -0.3 is 14.0 Å². The molecule has 1 aromatic carbocycles. The molecule has 0 aliphatic rings. The van der Waals surface area contributed by atoms with Crippen LogP contribution < -0.4 is 14.8 Å². The lowest BCUT2D eigenvalue weighted by molar-refractivity contribution is -0.123. The third kappa shape index (κ3) is 3.21. The van der Waals surface area contributed by atoms with E-state index in [2.05, 4.69) is 10.5 Å². The molecule has 0 unspecified atom stereocenters. The lowest BCUT2D eigenvalue weighted by Crippen LogP contribution is -2.27. The molecule has 0 aliphatic carbocycles. The van der Waals surface area contributed by atoms with Crippen LogP contribution in [0.25, 0.3) is 11.1 Å². The predicted octanol–water partition coefficient (Wildman–Crippen LogP) is 3.34. The molecule has 0 spiro atoms. The van der Waals surface area contributed by atoms with Gasteiger partial charge in [-0.25, -0.2) is 0 Å². The maximum Gasteiger partial charge on any atom is 0.239 e. The van der Waals surface area contributed by atoms with Crippen molar-refractivity contribution in [1.29, 1.82) is 0 Å². The van der Waals surface area contributed by atoms with E-state index in [1.54, 1.807) is 32.5 Å². The van der Waals surface area contributed by atoms with Crippen molar-refractivity contribution >= 4 is 11.8 Å². The van der Waals surface area contributed by atoms with E-state index in [1.165, 1.54) is 0 Å². The number of benzene rings is 1. The highest BCUT2D eigenvalue weighted by atomic mass is 16.5. The Morgan fingerprint density at radius 1 is 1.18 bits per heavy atom. The van der Waals surface area contributed by atoms with E-state index in [4.69, 9.17) is 14.0 Å². The van der Waals surface area contributed by atoms with Crippen molar-refractivity contribution < 1.29 is 18.8 Å². The third-order valence-corrected chi connectivity index (χ3v) is 3.17. The van der Waals surface area contributed by atoms with Crippen LogP contribution in [-0.2, 0) is 4.79 Å². The van der Waals surface area contributed by atoms with Crippen molar-refractivity contribution in [3.8, 4) is 22.6 Å². The van der Waals surface area contributed by atoms with Gasteiger partial charge in [0.1, 0.15) is 0 Å². The minimum Gasteiger partial charge on any atom is -0.493 e. The van der Waals surface area contributed by atoms with Crippen LogP contribution >= 0.6 is 0 Å². The predicted molar refractivity (Wildman–Crippen MR) is 83.1 cm³/mol. The zero-order valence-electron chi connectivity index (χ0n) is 13.4. The molecule has 0 aliphatic heterocycles. The number of carbonyl (C=O) groups excluding carboxylic acids is 1. The second kappa shape index (κ2) is 6.09. The molecule has 0 saturated heterocycles. The molecule has 6 nitrogen and oxygen atoms in total. The van der Waals surface area contributed by atoms with E-state index in [9.17, 15) is 4.79 Å². The first-order valence-corrected chi connectivity index (χ1v) is 6.85. The molecule has 0 bridgehead atoms. The van der Waals surface area contributed by atoms with Crippen LogP contribution in [0.1, 0.15) is 20.8 Å². The molecule has 118 valence electrons. The number of ether oxygens (including phenoxy) is 2. The van der Waals surface area contributed by atoms with Gasteiger partial charge in [-0.05, 0) is 17.7 Å². The van der Waals surface area contributed by atoms with Gasteiger partial charge in [-0.3, -0.25) is 10.1 Å². The highest BCUT2D eigenvalue weighted by molar-refractivity contribution is 5.96. The maximum absolute atomic E-state index is 12.1. The Morgan fingerprint density at radius 2 is 1.86 bits per heavy atom. The average molecular weight is 304 g/mol. The number of nitrogens with zero attached hydrogens (tertiary/aromatic N) is 1. The summed E-state index contributed by atoms with van der Waals surface area (Å²) < 4.78 is 15.7. The largest absolute Gasteiger partial charge is 0.493 e. The molecule has 1 amide bonds. The summed E-state index contributed by atoms with van der Waals surface area (Å²) in [5, 5.41) is 6.52. The van der Waals surface area contributed by atoms with Crippen LogP contribution in [0.2, 0.25) is 0 Å². The Labute approximate surface area is 129 Å². The second-order valence-corrected chi connectivity index (χ2v) is 5.84. The van der Waals surface area contributed by atoms with Gasteiger partial charge in [0, 0.05) is 5.41 Å². The molecule has 6 heteroatoms. The van der Waals surface area contributed by atoms with Crippen LogP contribution in [0.5, 0.6) is 11.5 Å². The van der Waals surface area contributed by atoms with Gasteiger partial charge in [0.05, 0.1) is 26.0 Å². The van der Waals surface area contributed by atoms with Crippen LogP contribution in [-0.4, -0.2) is 25.3 Å². The van der Waals surface area contributed by atoms with Crippen LogP contribution in [0, 0.1) is 5.41 Å². The van der Waals surface area contributed by atoms with E-state index in [1.807, 2.05) is 26.8 Å². The van der Waals surface area contributed by atoms with Gasteiger partial charge in [-0.2, -0.15) is 0 Å². The van der Waals surface area contributed by atoms with Gasteiger partial charge in [0.2, 0.25) is 11.8 Å². The number of aromatic nitrogens is 1. The zero-order valence-corrected chi connectivity index (χ0v) is 13.4. The Bertz CT molecular complexity index is 671. The first-order chi connectivity index (χ1) is 10.4. The Kier molecular flexibility index (Phi) is 4.40. The van der Waals surface area contributed by atoms with Gasteiger partial charge in [0.25, 0.3) is 0 Å².